The molecule has 0 fully saturated rings. The number of aromatic amines is 1. The van der Waals surface area contributed by atoms with Crippen LogP contribution in [-0.2, 0) is 0 Å². The lowest BCUT2D eigenvalue weighted by Crippen LogP contribution is -2.29. The second-order valence-electron chi connectivity index (χ2n) is 7.60. The average molecular weight is 416 g/mol. The number of benzene rings is 2. The summed E-state index contributed by atoms with van der Waals surface area (Å²) in [5.41, 5.74) is 4.78. The highest BCUT2D eigenvalue weighted by atomic mass is 16.3. The van der Waals surface area contributed by atoms with E-state index in [9.17, 15) is 14.7 Å². The van der Waals surface area contributed by atoms with Crippen molar-refractivity contribution in [3.05, 3.63) is 93.5 Å². The summed E-state index contributed by atoms with van der Waals surface area (Å²) >= 11 is 0. The van der Waals surface area contributed by atoms with Gasteiger partial charge in [0.05, 0.1) is 17.9 Å². The number of aryl methyl sites for hydroxylation is 2. The molecule has 1 amide bonds. The number of aromatic nitrogens is 3. The SMILES string of the molecule is Cc1ccc(-c2cn3nc(C(=O)NC(CCO)c4ccccc4)cc3c(=O)[nH]2)cc1C. The summed E-state index contributed by atoms with van der Waals surface area (Å²) in [6.07, 6.45) is 2.08. The molecule has 158 valence electrons. The van der Waals surface area contributed by atoms with Gasteiger partial charge in [0.2, 0.25) is 0 Å². The molecule has 1 atom stereocenters. The fourth-order valence-corrected chi connectivity index (χ4v) is 3.54. The molecule has 0 bridgehead atoms. The van der Waals surface area contributed by atoms with Crippen LogP contribution in [0, 0.1) is 13.8 Å². The van der Waals surface area contributed by atoms with Crippen LogP contribution >= 0.6 is 0 Å². The van der Waals surface area contributed by atoms with Gasteiger partial charge in [0.15, 0.2) is 5.69 Å². The summed E-state index contributed by atoms with van der Waals surface area (Å²) in [5.74, 6) is -0.405. The largest absolute Gasteiger partial charge is 0.396 e. The van der Waals surface area contributed by atoms with Crippen molar-refractivity contribution in [2.75, 3.05) is 6.61 Å². The molecular formula is C24H24N4O3. The van der Waals surface area contributed by atoms with Gasteiger partial charge >= 0.3 is 0 Å². The van der Waals surface area contributed by atoms with Crippen LogP contribution in [0.15, 0.2) is 65.6 Å². The number of H-pyrrole nitrogens is 1. The fraction of sp³-hybridized carbons (Fsp3) is 0.208. The Labute approximate surface area is 179 Å². The topological polar surface area (TPSA) is 99.5 Å². The van der Waals surface area contributed by atoms with Crippen LogP contribution in [0.25, 0.3) is 16.8 Å². The van der Waals surface area contributed by atoms with E-state index < -0.39 is 5.91 Å². The van der Waals surface area contributed by atoms with Crippen molar-refractivity contribution in [3.8, 4) is 11.3 Å². The standard InChI is InChI=1S/C24H24N4O3/c1-15-8-9-18(12-16(15)2)21-14-28-22(24(31)26-21)13-20(27-28)23(30)25-19(10-11-29)17-6-4-3-5-7-17/h3-9,12-14,19,29H,10-11H2,1-2H3,(H,25,30)(H,26,31). The van der Waals surface area contributed by atoms with Gasteiger partial charge < -0.3 is 15.4 Å². The van der Waals surface area contributed by atoms with Crippen molar-refractivity contribution in [3.63, 3.8) is 0 Å². The highest BCUT2D eigenvalue weighted by Gasteiger charge is 2.19. The summed E-state index contributed by atoms with van der Waals surface area (Å²) in [6.45, 7) is 3.98. The predicted octanol–water partition coefficient (Wildman–Crippen LogP) is 3.16. The molecule has 0 radical (unpaired) electrons. The van der Waals surface area contributed by atoms with Crippen LogP contribution in [0.5, 0.6) is 0 Å². The Kier molecular flexibility index (Phi) is 5.68. The highest BCUT2D eigenvalue weighted by molar-refractivity contribution is 5.93. The number of aliphatic hydroxyl groups is 1. The van der Waals surface area contributed by atoms with Crippen LogP contribution in [0.3, 0.4) is 0 Å². The minimum atomic E-state index is -0.405. The number of amides is 1. The zero-order chi connectivity index (χ0) is 22.0. The summed E-state index contributed by atoms with van der Waals surface area (Å²) in [4.78, 5) is 28.3. The van der Waals surface area contributed by atoms with Gasteiger partial charge in [0.1, 0.15) is 5.52 Å². The molecule has 7 heteroatoms. The number of carbonyl (C=O) groups is 1. The van der Waals surface area contributed by atoms with Crippen molar-refractivity contribution in [2.24, 2.45) is 0 Å². The van der Waals surface area contributed by atoms with Crippen LogP contribution in [-0.4, -0.2) is 32.2 Å². The molecule has 2 aromatic heterocycles. The first kappa shape index (κ1) is 20.6. The van der Waals surface area contributed by atoms with Gasteiger partial charge in [-0.05, 0) is 48.6 Å². The predicted molar refractivity (Wildman–Crippen MR) is 119 cm³/mol. The summed E-state index contributed by atoms with van der Waals surface area (Å²) in [7, 11) is 0. The first-order valence-electron chi connectivity index (χ1n) is 10.1. The van der Waals surface area contributed by atoms with E-state index in [1.807, 2.05) is 62.4 Å². The molecule has 0 aliphatic rings. The first-order chi connectivity index (χ1) is 15.0. The molecule has 0 saturated heterocycles. The quantitative estimate of drug-likeness (QED) is 0.450. The molecular weight excluding hydrogens is 392 g/mol. The maximum atomic E-state index is 12.8. The number of rotatable bonds is 6. The van der Waals surface area contributed by atoms with Crippen molar-refractivity contribution in [1.29, 1.82) is 0 Å². The Morgan fingerprint density at radius 1 is 1.13 bits per heavy atom. The van der Waals surface area contributed by atoms with E-state index in [2.05, 4.69) is 15.4 Å². The van der Waals surface area contributed by atoms with E-state index in [0.717, 1.165) is 16.7 Å². The van der Waals surface area contributed by atoms with E-state index in [1.54, 1.807) is 6.20 Å². The fourth-order valence-electron chi connectivity index (χ4n) is 3.54. The molecule has 0 saturated carbocycles. The number of nitrogens with zero attached hydrogens (tertiary/aromatic N) is 2. The average Bonchev–Trinajstić information content (AvgIpc) is 3.21. The van der Waals surface area contributed by atoms with Gasteiger partial charge in [-0.15, -0.1) is 0 Å². The van der Waals surface area contributed by atoms with Crippen LogP contribution < -0.4 is 10.9 Å². The highest BCUT2D eigenvalue weighted by Crippen LogP contribution is 2.20. The molecule has 31 heavy (non-hydrogen) atoms. The third kappa shape index (κ3) is 4.27. The summed E-state index contributed by atoms with van der Waals surface area (Å²) in [5, 5.41) is 16.6. The van der Waals surface area contributed by atoms with Crippen molar-refractivity contribution >= 4 is 11.4 Å². The number of hydrogen-bond acceptors (Lipinski definition) is 4. The van der Waals surface area contributed by atoms with Gasteiger partial charge in [0, 0.05) is 12.7 Å². The Morgan fingerprint density at radius 2 is 1.90 bits per heavy atom. The molecule has 2 aromatic carbocycles. The first-order valence-corrected chi connectivity index (χ1v) is 10.1. The second-order valence-corrected chi connectivity index (χ2v) is 7.60. The molecule has 0 aliphatic heterocycles. The van der Waals surface area contributed by atoms with Crippen molar-refractivity contribution in [2.45, 2.75) is 26.3 Å². The monoisotopic (exact) mass is 416 g/mol. The molecule has 3 N–H and O–H groups in total. The van der Waals surface area contributed by atoms with Gasteiger partial charge in [0.25, 0.3) is 11.5 Å². The second kappa shape index (κ2) is 8.57. The van der Waals surface area contributed by atoms with Crippen LogP contribution in [0.1, 0.15) is 39.6 Å². The Balaban J connectivity index is 1.65. The normalized spacial score (nSPS) is 12.1. The van der Waals surface area contributed by atoms with E-state index in [0.29, 0.717) is 12.1 Å². The molecule has 1 unspecified atom stereocenters. The van der Waals surface area contributed by atoms with Gasteiger partial charge in [-0.3, -0.25) is 9.59 Å². The maximum Gasteiger partial charge on any atom is 0.274 e. The third-order valence-corrected chi connectivity index (χ3v) is 5.44. The lowest BCUT2D eigenvalue weighted by molar-refractivity contribution is 0.0924. The molecule has 7 nitrogen and oxygen atoms in total. The number of hydrogen-bond donors (Lipinski definition) is 3. The van der Waals surface area contributed by atoms with Gasteiger partial charge in [-0.1, -0.05) is 42.5 Å². The van der Waals surface area contributed by atoms with E-state index >= 15 is 0 Å². The summed E-state index contributed by atoms with van der Waals surface area (Å²) < 4.78 is 1.43. The lowest BCUT2D eigenvalue weighted by Gasteiger charge is -2.17. The Morgan fingerprint density at radius 3 is 2.61 bits per heavy atom. The smallest absolute Gasteiger partial charge is 0.274 e. The molecule has 4 rings (SSSR count). The number of fused-ring (bicyclic) bond motifs is 1. The van der Waals surface area contributed by atoms with E-state index in [-0.39, 0.29) is 29.4 Å². The zero-order valence-electron chi connectivity index (χ0n) is 17.4. The molecule has 0 aliphatic carbocycles. The number of carbonyl (C=O) groups excluding carboxylic acids is 1. The Hall–Kier alpha value is -3.71. The molecule has 0 spiro atoms. The minimum Gasteiger partial charge on any atom is -0.396 e. The third-order valence-electron chi connectivity index (χ3n) is 5.44. The zero-order valence-corrected chi connectivity index (χ0v) is 17.4. The van der Waals surface area contributed by atoms with Crippen LogP contribution in [0.4, 0.5) is 0 Å². The van der Waals surface area contributed by atoms with Crippen LogP contribution in [0.2, 0.25) is 0 Å². The lowest BCUT2D eigenvalue weighted by atomic mass is 10.0. The van der Waals surface area contributed by atoms with Crippen molar-refractivity contribution in [1.82, 2.24) is 19.9 Å². The maximum absolute atomic E-state index is 12.8. The number of nitrogens with one attached hydrogen (secondary N) is 2. The number of aliphatic hydroxyl groups excluding tert-OH is 1. The minimum absolute atomic E-state index is 0.0655. The molecule has 4 aromatic rings. The summed E-state index contributed by atoms with van der Waals surface area (Å²) in [6, 6.07) is 16.5. The van der Waals surface area contributed by atoms with Gasteiger partial charge in [-0.25, -0.2) is 4.52 Å². The Bertz CT molecular complexity index is 1290. The van der Waals surface area contributed by atoms with Crippen molar-refractivity contribution < 1.29 is 9.90 Å². The molecule has 2 heterocycles. The van der Waals surface area contributed by atoms with Gasteiger partial charge in [-0.2, -0.15) is 5.10 Å². The van der Waals surface area contributed by atoms with E-state index in [4.69, 9.17) is 0 Å². The van der Waals surface area contributed by atoms with E-state index in [1.165, 1.54) is 16.1 Å².